The number of nitro benzene ring substituents is 2. The van der Waals surface area contributed by atoms with Gasteiger partial charge in [-0.3, -0.25) is 0 Å². The fourth-order valence-electron chi connectivity index (χ4n) is 1.67. The zero-order valence-corrected chi connectivity index (χ0v) is 14.8. The van der Waals surface area contributed by atoms with Gasteiger partial charge in [0.2, 0.25) is 0 Å². The summed E-state index contributed by atoms with van der Waals surface area (Å²) < 4.78 is 15.5. The number of aromatic hydroxyl groups is 1. The molecule has 0 amide bonds. The van der Waals surface area contributed by atoms with Gasteiger partial charge in [-0.05, 0) is 0 Å². The Morgan fingerprint density at radius 1 is 1.21 bits per heavy atom. The van der Waals surface area contributed by atoms with E-state index >= 15 is 0 Å². The summed E-state index contributed by atoms with van der Waals surface area (Å²) in [7, 11) is 0. The van der Waals surface area contributed by atoms with Gasteiger partial charge in [-0.2, -0.15) is 0 Å². The second kappa shape index (κ2) is 5.98. The summed E-state index contributed by atoms with van der Waals surface area (Å²) in [5, 5.41) is 31.7. The maximum atomic E-state index is 11.9. The summed E-state index contributed by atoms with van der Waals surface area (Å²) in [6, 6.07) is 0.331. The Morgan fingerprint density at radius 2 is 1.75 bits per heavy atom. The van der Waals surface area contributed by atoms with Crippen LogP contribution in [0.3, 0.4) is 0 Å². The molecule has 1 aromatic rings. The molecule has 0 aliphatic carbocycles. The van der Waals surface area contributed by atoms with Crippen LogP contribution in [0.4, 0.5) is 17.1 Å². The summed E-state index contributed by atoms with van der Waals surface area (Å²) in [6.07, 6.45) is 0. The van der Waals surface area contributed by atoms with Gasteiger partial charge < -0.3 is 0 Å². The van der Waals surface area contributed by atoms with Crippen molar-refractivity contribution >= 4 is 39.7 Å². The van der Waals surface area contributed by atoms with E-state index in [1.807, 2.05) is 0 Å². The van der Waals surface area contributed by atoms with Crippen LogP contribution in [0.1, 0.15) is 0 Å². The Kier molecular flexibility index (Phi) is 4.22. The Bertz CT molecular complexity index is 869. The maximum absolute atomic E-state index is 11.9. The molecule has 18 heteroatoms. The van der Waals surface area contributed by atoms with E-state index < -0.39 is 66.0 Å². The van der Waals surface area contributed by atoms with E-state index in [9.17, 15) is 30.2 Å². The number of hydrogen-bond acceptors (Lipinski definition) is 10. The third-order valence-corrected chi connectivity index (χ3v) is 8.60. The van der Waals surface area contributed by atoms with Crippen molar-refractivity contribution < 1.29 is 25.4 Å². The predicted molar refractivity (Wildman–Crippen MR) is 70.5 cm³/mol. The van der Waals surface area contributed by atoms with Crippen molar-refractivity contribution in [3.05, 3.63) is 52.1 Å². The number of phenolic OH excluding ortho intramolecular Hbond substituents is 1. The second-order valence-electron chi connectivity index (χ2n) is 3.83. The molecule has 0 atom stereocenters. The van der Waals surface area contributed by atoms with Gasteiger partial charge in [0.1, 0.15) is 0 Å². The van der Waals surface area contributed by atoms with Crippen molar-refractivity contribution in [1.82, 2.24) is 0 Å². The SMILES string of the molecule is [N-]=[N+]=[N][Pb]1([N]=[N+]=[N-])[O]c2c([N+](=O)[O-])cc([N+](=O)[O-])c(O)c2[N+](=O)[O]1. The van der Waals surface area contributed by atoms with Crippen LogP contribution in [0.15, 0.2) is 11.9 Å². The molecule has 0 radical (unpaired) electrons. The molecule has 1 aromatic carbocycles. The van der Waals surface area contributed by atoms with Crippen LogP contribution in [0.5, 0.6) is 11.5 Å². The van der Waals surface area contributed by atoms with E-state index in [1.165, 1.54) is 0 Å². The van der Waals surface area contributed by atoms with E-state index in [-0.39, 0.29) is 0 Å². The van der Waals surface area contributed by atoms with E-state index in [0.29, 0.717) is 6.07 Å². The summed E-state index contributed by atoms with van der Waals surface area (Å²) in [5.74, 6) is -2.25. The number of rotatable bonds is 4. The van der Waals surface area contributed by atoms with Crippen LogP contribution in [-0.4, -0.2) is 42.6 Å². The van der Waals surface area contributed by atoms with Crippen LogP contribution in [0.25, 0.3) is 20.9 Å². The summed E-state index contributed by atoms with van der Waals surface area (Å²) in [6.45, 7) is 0. The molecule has 24 heavy (non-hydrogen) atoms. The van der Waals surface area contributed by atoms with Crippen molar-refractivity contribution in [3.63, 3.8) is 0 Å². The molecule has 0 fully saturated rings. The molecule has 17 nitrogen and oxygen atoms in total. The van der Waals surface area contributed by atoms with Crippen LogP contribution in [0, 0.1) is 25.1 Å². The van der Waals surface area contributed by atoms with E-state index in [0.717, 1.165) is 0 Å². The molecule has 0 unspecified atom stereocenters. The van der Waals surface area contributed by atoms with E-state index in [2.05, 4.69) is 18.5 Å². The van der Waals surface area contributed by atoms with Gasteiger partial charge in [0, 0.05) is 0 Å². The van der Waals surface area contributed by atoms with E-state index in [4.69, 9.17) is 13.7 Å². The molecule has 0 bridgehead atoms. The Morgan fingerprint density at radius 3 is 2.21 bits per heavy atom. The van der Waals surface area contributed by atoms with Crippen molar-refractivity contribution in [2.24, 2.45) is 5.85 Å². The number of nitrogens with zero attached hydrogens (tertiary/aromatic N) is 9. The third-order valence-electron chi connectivity index (χ3n) is 2.54. The predicted octanol–water partition coefficient (Wildman–Crippen LogP) is 2.00. The molecule has 0 saturated carbocycles. The number of hydrogen-bond donors (Lipinski definition) is 1. The van der Waals surface area contributed by atoms with Crippen LogP contribution in [-0.2, 0) is 2.79 Å². The molecule has 1 aliphatic heterocycles. The normalized spacial score (nSPS) is 18.1. The molecule has 122 valence electrons. The van der Waals surface area contributed by atoms with Crippen LogP contribution in [0.2, 0.25) is 0 Å². The summed E-state index contributed by atoms with van der Waals surface area (Å²) in [5.41, 5.74) is 13.6. The Balaban J connectivity index is 2.86. The molecule has 0 spiro atoms. The Hall–Kier alpha value is -3.44. The van der Waals surface area contributed by atoms with Gasteiger partial charge in [-0.15, -0.1) is 0 Å². The van der Waals surface area contributed by atoms with Crippen molar-refractivity contribution in [2.75, 3.05) is 0 Å². The van der Waals surface area contributed by atoms with Gasteiger partial charge in [-0.25, -0.2) is 0 Å². The van der Waals surface area contributed by atoms with Crippen molar-refractivity contribution in [3.8, 4) is 11.5 Å². The molecular weight excluding hydrogens is 533 g/mol. The van der Waals surface area contributed by atoms with Gasteiger partial charge in [0.25, 0.3) is 0 Å². The van der Waals surface area contributed by atoms with Gasteiger partial charge in [0.15, 0.2) is 0 Å². The first-order valence-corrected chi connectivity index (χ1v) is 12.1. The first-order chi connectivity index (χ1) is 11.3. The third kappa shape index (κ3) is 2.64. The first kappa shape index (κ1) is 16.9. The van der Waals surface area contributed by atoms with Gasteiger partial charge in [0.05, 0.1) is 0 Å². The number of fused-ring (bicyclic) bond motifs is 1. The van der Waals surface area contributed by atoms with Crippen LogP contribution >= 0.6 is 0 Å². The molecule has 0 saturated heterocycles. The fourth-order valence-corrected chi connectivity index (χ4v) is 6.47. The molecule has 2 rings (SSSR count). The first-order valence-electron chi connectivity index (χ1n) is 5.43. The van der Waals surface area contributed by atoms with Crippen molar-refractivity contribution in [1.29, 1.82) is 0 Å². The standard InChI is InChI=1S/C6H3N3O8.2N3.Pb/c10-5-2(7(12)13)1-3(8(14)15)6(11)4(5)9(16)17;2*1-3-2;/h1,10-11H;;;/q;2*-1;+4/p-1. The van der Waals surface area contributed by atoms with E-state index in [1.54, 1.807) is 0 Å². The molecule has 0 aromatic heterocycles. The zero-order valence-electron chi connectivity index (χ0n) is 10.9. The number of azide groups is 1. The average molecular weight is 535 g/mol. The molecule has 1 heterocycles. The van der Waals surface area contributed by atoms with Crippen LogP contribution < -0.4 is 2.69 Å². The Labute approximate surface area is 134 Å². The molecule has 1 aliphatic rings. The van der Waals surface area contributed by atoms with Gasteiger partial charge >= 0.3 is 135 Å². The minimum absolute atomic E-state index is 0.331. The number of phenols is 1. The average Bonchev–Trinajstić information content (AvgIpc) is 2.46. The number of nitro groups is 2. The molecule has 1 N–H and O–H groups in total. The minimum atomic E-state index is -5.71. The quantitative estimate of drug-likeness (QED) is 0.149. The number of benzene rings is 1. The zero-order chi connectivity index (χ0) is 18.1. The fraction of sp³-hybridized carbons (Fsp3) is 0. The monoisotopic (exact) mass is 536 g/mol. The topological polar surface area (TPSA) is 243 Å². The van der Waals surface area contributed by atoms with Crippen molar-refractivity contribution in [2.45, 2.75) is 0 Å². The molecular formula is C6H2N9O8Pb+. The summed E-state index contributed by atoms with van der Waals surface area (Å²) in [4.78, 5) is 35.5. The second-order valence-corrected chi connectivity index (χ2v) is 11.2. The summed E-state index contributed by atoms with van der Waals surface area (Å²) >= 11 is -5.71. The van der Waals surface area contributed by atoms with Gasteiger partial charge in [-0.1, -0.05) is 0 Å².